The lowest BCUT2D eigenvalue weighted by molar-refractivity contribution is -0.402. The topological polar surface area (TPSA) is 153 Å². The van der Waals surface area contributed by atoms with Crippen LogP contribution in [0.5, 0.6) is 0 Å². The minimum atomic E-state index is -1.23. The molecule has 3 rings (SSSR count). The predicted octanol–water partition coefficient (Wildman–Crippen LogP) is 2.94. The maximum atomic E-state index is 10.6. The second-order valence-electron chi connectivity index (χ2n) is 5.43. The van der Waals surface area contributed by atoms with Crippen molar-refractivity contribution in [1.29, 1.82) is 0 Å². The molecule has 0 fully saturated rings. The highest BCUT2D eigenvalue weighted by Crippen LogP contribution is 2.23. The molecule has 0 bridgehead atoms. The smallest absolute Gasteiger partial charge is 0.433 e. The number of nitrogens with two attached hydrogens (primary N) is 1. The van der Waals surface area contributed by atoms with E-state index in [1.165, 1.54) is 13.0 Å². The van der Waals surface area contributed by atoms with Crippen LogP contribution in [0.3, 0.4) is 0 Å². The number of furan rings is 1. The Labute approximate surface area is 153 Å². The van der Waals surface area contributed by atoms with Crippen molar-refractivity contribution in [1.82, 2.24) is 4.98 Å². The number of pyridine rings is 1. The molecular formula is C18H17N3O6. The molecule has 0 aliphatic heterocycles. The molecule has 0 aliphatic rings. The number of nitro groups is 1. The first-order chi connectivity index (χ1) is 12.8. The van der Waals surface area contributed by atoms with Crippen LogP contribution in [0.15, 0.2) is 46.9 Å². The number of aliphatic hydroxyl groups excluding tert-OH is 1. The Balaban J connectivity index is 0.000000380. The number of carboxylic acids is 1. The molecule has 0 saturated carbocycles. The summed E-state index contributed by atoms with van der Waals surface area (Å²) in [5.41, 5.74) is 7.45. The molecule has 0 saturated heterocycles. The number of aliphatic hydroxyl groups is 1. The van der Waals surface area contributed by atoms with Crippen molar-refractivity contribution in [2.45, 2.75) is 13.0 Å². The molecule has 2 aromatic heterocycles. The van der Waals surface area contributed by atoms with Crippen LogP contribution >= 0.6 is 0 Å². The quantitative estimate of drug-likeness (QED) is 0.467. The number of para-hydroxylation sites is 1. The van der Waals surface area contributed by atoms with Crippen molar-refractivity contribution in [2.24, 2.45) is 0 Å². The number of hydrogen-bond donors (Lipinski definition) is 3. The second-order valence-corrected chi connectivity index (χ2v) is 5.43. The third-order valence-corrected chi connectivity index (χ3v) is 3.35. The van der Waals surface area contributed by atoms with Gasteiger partial charge in [-0.1, -0.05) is 24.3 Å². The number of carboxylic acid groups (broad SMARTS) is 1. The van der Waals surface area contributed by atoms with E-state index in [4.69, 9.17) is 20.4 Å². The zero-order chi connectivity index (χ0) is 20.0. The summed E-state index contributed by atoms with van der Waals surface area (Å²) < 4.78 is 5.08. The van der Waals surface area contributed by atoms with E-state index in [9.17, 15) is 14.9 Å². The van der Waals surface area contributed by atoms with Gasteiger partial charge in [-0.15, -0.1) is 0 Å². The molecule has 9 nitrogen and oxygen atoms in total. The highest BCUT2D eigenvalue weighted by Gasteiger charge is 2.10. The van der Waals surface area contributed by atoms with Gasteiger partial charge in [0.25, 0.3) is 0 Å². The third kappa shape index (κ3) is 5.38. The molecule has 0 spiro atoms. The summed E-state index contributed by atoms with van der Waals surface area (Å²) in [5.74, 6) is -0.649. The van der Waals surface area contributed by atoms with Gasteiger partial charge in [0.1, 0.15) is 22.6 Å². The number of benzene rings is 1. The maximum Gasteiger partial charge on any atom is 0.433 e. The summed E-state index contributed by atoms with van der Waals surface area (Å²) in [5, 5.41) is 27.3. The number of nitrogens with zero attached hydrogens (tertiary/aromatic N) is 2. The monoisotopic (exact) mass is 371 g/mol. The van der Waals surface area contributed by atoms with Crippen LogP contribution in [-0.4, -0.2) is 32.2 Å². The maximum absolute atomic E-state index is 10.6. The Morgan fingerprint density at radius 1 is 1.30 bits per heavy atom. The van der Waals surface area contributed by atoms with Crippen molar-refractivity contribution in [3.05, 3.63) is 63.9 Å². The molecule has 4 N–H and O–H groups in total. The number of carbonyl (C=O) groups is 1. The molecule has 9 heteroatoms. The largest absolute Gasteiger partial charge is 0.479 e. The van der Waals surface area contributed by atoms with Gasteiger partial charge in [-0.3, -0.25) is 10.1 Å². The molecule has 140 valence electrons. The summed E-state index contributed by atoms with van der Waals surface area (Å²) in [7, 11) is 0. The summed E-state index contributed by atoms with van der Waals surface area (Å²) in [4.78, 5) is 23.7. The third-order valence-electron chi connectivity index (χ3n) is 3.35. The molecule has 1 unspecified atom stereocenters. The van der Waals surface area contributed by atoms with E-state index in [0.717, 1.165) is 16.5 Å². The Hall–Kier alpha value is -3.72. The molecule has 27 heavy (non-hydrogen) atoms. The minimum absolute atomic E-state index is 0.284. The Bertz CT molecular complexity index is 994. The van der Waals surface area contributed by atoms with Crippen LogP contribution in [0.25, 0.3) is 23.1 Å². The van der Waals surface area contributed by atoms with E-state index in [0.29, 0.717) is 11.6 Å². The summed E-state index contributed by atoms with van der Waals surface area (Å²) in [6.45, 7) is 1.20. The summed E-state index contributed by atoms with van der Waals surface area (Å²) in [6, 6.07) is 12.2. The van der Waals surface area contributed by atoms with Gasteiger partial charge >= 0.3 is 11.9 Å². The van der Waals surface area contributed by atoms with Crippen molar-refractivity contribution < 1.29 is 24.3 Å². The number of rotatable bonds is 4. The van der Waals surface area contributed by atoms with Gasteiger partial charge in [-0.25, -0.2) is 9.78 Å². The predicted molar refractivity (Wildman–Crippen MR) is 99.8 cm³/mol. The fourth-order valence-corrected chi connectivity index (χ4v) is 2.06. The van der Waals surface area contributed by atoms with Gasteiger partial charge < -0.3 is 20.4 Å². The van der Waals surface area contributed by atoms with Gasteiger partial charge in [0.2, 0.25) is 0 Å². The van der Waals surface area contributed by atoms with Crippen molar-refractivity contribution in [2.75, 3.05) is 5.73 Å². The van der Waals surface area contributed by atoms with E-state index < -0.39 is 17.0 Å². The number of fused-ring (bicyclic) bond motifs is 1. The standard InChI is InChI=1S/C15H11N3O3.C3H6O3/c16-14-9-10(12-3-1-2-4-13(12)17-14)5-6-11-7-8-15(21-11)18(19)20;1-2(4)3(5)6/h1-9H,(H2,16,17);2,4H,1H3,(H,5,6)/b6-5+;. The van der Waals surface area contributed by atoms with Crippen LogP contribution in [0, 0.1) is 10.1 Å². The zero-order valence-corrected chi connectivity index (χ0v) is 14.3. The number of aliphatic carboxylic acids is 1. The molecule has 1 atom stereocenters. The van der Waals surface area contributed by atoms with Crippen LogP contribution in [0.1, 0.15) is 18.2 Å². The molecule has 0 aliphatic carbocycles. The Morgan fingerprint density at radius 3 is 2.56 bits per heavy atom. The van der Waals surface area contributed by atoms with Crippen LogP contribution in [0.2, 0.25) is 0 Å². The van der Waals surface area contributed by atoms with Crippen molar-refractivity contribution >= 4 is 40.7 Å². The first-order valence-electron chi connectivity index (χ1n) is 7.76. The van der Waals surface area contributed by atoms with E-state index >= 15 is 0 Å². The lowest BCUT2D eigenvalue weighted by atomic mass is 10.1. The molecule has 2 heterocycles. The zero-order valence-electron chi connectivity index (χ0n) is 14.3. The highest BCUT2D eigenvalue weighted by atomic mass is 16.6. The van der Waals surface area contributed by atoms with Gasteiger partial charge in [0, 0.05) is 5.39 Å². The number of aromatic nitrogens is 1. The molecule has 3 aromatic rings. The van der Waals surface area contributed by atoms with Crippen molar-refractivity contribution in [3.63, 3.8) is 0 Å². The summed E-state index contributed by atoms with van der Waals surface area (Å²) in [6.07, 6.45) is 2.22. The highest BCUT2D eigenvalue weighted by molar-refractivity contribution is 5.91. The fourth-order valence-electron chi connectivity index (χ4n) is 2.06. The number of hydrogen-bond acceptors (Lipinski definition) is 7. The molecular weight excluding hydrogens is 354 g/mol. The van der Waals surface area contributed by atoms with Crippen LogP contribution < -0.4 is 5.73 Å². The van der Waals surface area contributed by atoms with E-state index in [2.05, 4.69) is 4.98 Å². The minimum Gasteiger partial charge on any atom is -0.479 e. The SMILES string of the molecule is CC(O)C(=O)O.Nc1cc(/C=C/c2ccc([N+](=O)[O-])o2)c2ccccc2n1. The Morgan fingerprint density at radius 2 is 1.96 bits per heavy atom. The van der Waals surface area contributed by atoms with E-state index in [1.54, 1.807) is 24.3 Å². The van der Waals surface area contributed by atoms with E-state index in [1.807, 2.05) is 24.3 Å². The normalized spacial score (nSPS) is 11.8. The van der Waals surface area contributed by atoms with Gasteiger partial charge in [0.15, 0.2) is 0 Å². The number of anilines is 1. The molecule has 1 aromatic carbocycles. The first kappa shape index (κ1) is 19.6. The van der Waals surface area contributed by atoms with Gasteiger partial charge in [-0.05, 0) is 36.8 Å². The average Bonchev–Trinajstić information content (AvgIpc) is 3.09. The van der Waals surface area contributed by atoms with Crippen LogP contribution in [0.4, 0.5) is 11.7 Å². The first-order valence-corrected chi connectivity index (χ1v) is 7.76. The fraction of sp³-hybridized carbons (Fsp3) is 0.111. The average molecular weight is 371 g/mol. The number of nitrogen functional groups attached to an aromatic ring is 1. The van der Waals surface area contributed by atoms with Crippen LogP contribution in [-0.2, 0) is 4.79 Å². The Kier molecular flexibility index (Phi) is 6.23. The lowest BCUT2D eigenvalue weighted by Crippen LogP contribution is -2.13. The lowest BCUT2D eigenvalue weighted by Gasteiger charge is -2.03. The molecule has 0 amide bonds. The van der Waals surface area contributed by atoms with E-state index in [-0.39, 0.29) is 5.88 Å². The second kappa shape index (κ2) is 8.59. The van der Waals surface area contributed by atoms with Crippen molar-refractivity contribution in [3.8, 4) is 0 Å². The van der Waals surface area contributed by atoms with Gasteiger partial charge in [0.05, 0.1) is 11.6 Å². The van der Waals surface area contributed by atoms with Gasteiger partial charge in [-0.2, -0.15) is 0 Å². The summed E-state index contributed by atoms with van der Waals surface area (Å²) >= 11 is 0. The molecule has 0 radical (unpaired) electrons.